The van der Waals surface area contributed by atoms with Crippen molar-refractivity contribution in [2.45, 2.75) is 19.8 Å². The highest BCUT2D eigenvalue weighted by atomic mass is 32.1. The molecule has 1 heterocycles. The lowest BCUT2D eigenvalue weighted by Gasteiger charge is -2.10. The third-order valence-electron chi connectivity index (χ3n) is 4.12. The predicted octanol–water partition coefficient (Wildman–Crippen LogP) is 4.26. The summed E-state index contributed by atoms with van der Waals surface area (Å²) in [6.07, 6.45) is 0. The van der Waals surface area contributed by atoms with Crippen LogP contribution < -0.4 is 5.32 Å². The van der Waals surface area contributed by atoms with E-state index in [1.807, 2.05) is 30.3 Å². The Morgan fingerprint density at radius 2 is 1.77 bits per heavy atom. The van der Waals surface area contributed by atoms with E-state index >= 15 is 0 Å². The molecular formula is C20H20FNO3S. The van der Waals surface area contributed by atoms with E-state index in [9.17, 15) is 9.18 Å². The van der Waals surface area contributed by atoms with Gasteiger partial charge in [0.05, 0.1) is 18.1 Å². The number of hydrogen-bond donors (Lipinski definition) is 1. The minimum atomic E-state index is -0.338. The van der Waals surface area contributed by atoms with E-state index in [4.69, 9.17) is 9.47 Å². The van der Waals surface area contributed by atoms with Crippen LogP contribution in [-0.4, -0.2) is 20.1 Å². The normalized spacial score (nSPS) is 11.0. The quantitative estimate of drug-likeness (QED) is 0.673. The number of thiophene rings is 1. The zero-order valence-corrected chi connectivity index (χ0v) is 15.5. The summed E-state index contributed by atoms with van der Waals surface area (Å²) >= 11 is 1.28. The molecule has 2 aromatic carbocycles. The van der Waals surface area contributed by atoms with Gasteiger partial charge in [-0.1, -0.05) is 30.3 Å². The first-order chi connectivity index (χ1) is 12.7. The Bertz CT molecular complexity index is 923. The zero-order valence-electron chi connectivity index (χ0n) is 14.7. The lowest BCUT2D eigenvalue weighted by molar-refractivity contribution is 0.0950. The molecule has 4 nitrogen and oxygen atoms in total. The molecule has 1 amide bonds. The van der Waals surface area contributed by atoms with Gasteiger partial charge >= 0.3 is 0 Å². The number of carbonyl (C=O) groups excluding carboxylic acids is 1. The summed E-state index contributed by atoms with van der Waals surface area (Å²) in [7, 11) is 3.17. The van der Waals surface area contributed by atoms with E-state index in [2.05, 4.69) is 5.32 Å². The highest BCUT2D eigenvalue weighted by molar-refractivity contribution is 7.21. The molecule has 1 aromatic heterocycles. The third-order valence-corrected chi connectivity index (χ3v) is 5.31. The van der Waals surface area contributed by atoms with E-state index in [-0.39, 0.29) is 18.3 Å². The Morgan fingerprint density at radius 3 is 2.50 bits per heavy atom. The minimum absolute atomic E-state index is 0.184. The summed E-state index contributed by atoms with van der Waals surface area (Å²) in [5.41, 5.74) is 2.60. The molecule has 0 aliphatic carbocycles. The number of methoxy groups -OCH3 is 2. The smallest absolute Gasteiger partial charge is 0.262 e. The second-order valence-electron chi connectivity index (χ2n) is 5.84. The molecular weight excluding hydrogens is 353 g/mol. The maximum atomic E-state index is 14.2. The van der Waals surface area contributed by atoms with E-state index in [0.29, 0.717) is 29.0 Å². The van der Waals surface area contributed by atoms with Gasteiger partial charge in [0.1, 0.15) is 5.82 Å². The number of hydrogen-bond acceptors (Lipinski definition) is 4. The molecule has 0 atom stereocenters. The van der Waals surface area contributed by atoms with Crippen LogP contribution in [0.4, 0.5) is 4.39 Å². The van der Waals surface area contributed by atoms with Gasteiger partial charge in [-0.25, -0.2) is 4.39 Å². The van der Waals surface area contributed by atoms with Crippen molar-refractivity contribution in [1.82, 2.24) is 5.32 Å². The third kappa shape index (κ3) is 3.77. The number of fused-ring (bicyclic) bond motifs is 1. The maximum absolute atomic E-state index is 14.2. The van der Waals surface area contributed by atoms with Gasteiger partial charge in [0.2, 0.25) is 0 Å². The monoisotopic (exact) mass is 373 g/mol. The first-order valence-corrected chi connectivity index (χ1v) is 9.00. The Labute approximate surface area is 155 Å². The number of nitrogens with one attached hydrogen (secondary N) is 1. The van der Waals surface area contributed by atoms with Gasteiger partial charge in [0.25, 0.3) is 5.91 Å². The molecule has 26 heavy (non-hydrogen) atoms. The first-order valence-electron chi connectivity index (χ1n) is 8.18. The van der Waals surface area contributed by atoms with E-state index < -0.39 is 0 Å². The van der Waals surface area contributed by atoms with Crippen molar-refractivity contribution in [1.29, 1.82) is 0 Å². The van der Waals surface area contributed by atoms with Crippen LogP contribution in [0.15, 0.2) is 42.5 Å². The van der Waals surface area contributed by atoms with E-state index in [0.717, 1.165) is 15.8 Å². The van der Waals surface area contributed by atoms with Crippen LogP contribution in [0.1, 0.15) is 26.4 Å². The standard InChI is InChI=1S/C20H20FNO3S/c1-24-11-14-7-4-3-6-13(14)10-22-20(23)19-15(12-25-2)18-16(21)8-5-9-17(18)26-19/h3-9H,10-12H2,1-2H3,(H,22,23). The molecule has 136 valence electrons. The molecule has 0 saturated carbocycles. The fraction of sp³-hybridized carbons (Fsp3) is 0.250. The molecule has 6 heteroatoms. The molecule has 0 fully saturated rings. The molecule has 0 bridgehead atoms. The van der Waals surface area contributed by atoms with Crippen LogP contribution >= 0.6 is 11.3 Å². The summed E-state index contributed by atoms with van der Waals surface area (Å²) in [5, 5.41) is 3.39. The molecule has 0 radical (unpaired) electrons. The number of amides is 1. The van der Waals surface area contributed by atoms with Crippen LogP contribution in [0.5, 0.6) is 0 Å². The first kappa shape index (κ1) is 18.5. The van der Waals surface area contributed by atoms with Crippen molar-refractivity contribution in [3.63, 3.8) is 0 Å². The number of benzene rings is 2. The number of rotatable bonds is 7. The molecule has 0 saturated heterocycles. The number of carbonyl (C=O) groups is 1. The van der Waals surface area contributed by atoms with Gasteiger partial charge in [-0.2, -0.15) is 0 Å². The van der Waals surface area contributed by atoms with Crippen LogP contribution in [0.2, 0.25) is 0 Å². The minimum Gasteiger partial charge on any atom is -0.380 e. The largest absolute Gasteiger partial charge is 0.380 e. The molecule has 0 unspecified atom stereocenters. The fourth-order valence-electron chi connectivity index (χ4n) is 2.91. The average molecular weight is 373 g/mol. The van der Waals surface area contributed by atoms with Crippen molar-refractivity contribution >= 4 is 27.3 Å². The van der Waals surface area contributed by atoms with Crippen LogP contribution in [0.25, 0.3) is 10.1 Å². The SMILES string of the molecule is COCc1ccccc1CNC(=O)c1sc2cccc(F)c2c1COC. The molecule has 0 aliphatic rings. The summed E-state index contributed by atoms with van der Waals surface area (Å²) in [6, 6.07) is 12.6. The summed E-state index contributed by atoms with van der Waals surface area (Å²) in [4.78, 5) is 13.2. The van der Waals surface area contributed by atoms with Crippen LogP contribution in [0.3, 0.4) is 0 Å². The van der Waals surface area contributed by atoms with Gasteiger partial charge in [-0.05, 0) is 23.3 Å². The van der Waals surface area contributed by atoms with Gasteiger partial charge in [-0.3, -0.25) is 4.79 Å². The Morgan fingerprint density at radius 1 is 1.04 bits per heavy atom. The Kier molecular flexibility index (Phi) is 5.98. The molecule has 3 aromatic rings. The molecule has 3 rings (SSSR count). The van der Waals surface area contributed by atoms with Crippen molar-refractivity contribution < 1.29 is 18.7 Å². The van der Waals surface area contributed by atoms with Gasteiger partial charge in [0.15, 0.2) is 0 Å². The summed E-state index contributed by atoms with van der Waals surface area (Å²) in [5.74, 6) is -0.569. The van der Waals surface area contributed by atoms with Gasteiger partial charge in [0, 0.05) is 36.4 Å². The van der Waals surface area contributed by atoms with Crippen molar-refractivity contribution in [3.8, 4) is 0 Å². The summed E-state index contributed by atoms with van der Waals surface area (Å²) in [6.45, 7) is 1.04. The lowest BCUT2D eigenvalue weighted by atomic mass is 10.1. The highest BCUT2D eigenvalue weighted by Crippen LogP contribution is 2.33. The van der Waals surface area contributed by atoms with Crippen molar-refractivity contribution in [2.75, 3.05) is 14.2 Å². The highest BCUT2D eigenvalue weighted by Gasteiger charge is 2.20. The number of halogens is 1. The van der Waals surface area contributed by atoms with E-state index in [1.165, 1.54) is 24.5 Å². The van der Waals surface area contributed by atoms with Crippen LogP contribution in [-0.2, 0) is 29.2 Å². The van der Waals surface area contributed by atoms with E-state index in [1.54, 1.807) is 13.2 Å². The topological polar surface area (TPSA) is 47.6 Å². The lowest BCUT2D eigenvalue weighted by Crippen LogP contribution is -2.23. The van der Waals surface area contributed by atoms with Crippen molar-refractivity contribution in [2.24, 2.45) is 0 Å². The average Bonchev–Trinajstić information content (AvgIpc) is 3.01. The molecule has 1 N–H and O–H groups in total. The maximum Gasteiger partial charge on any atom is 0.262 e. The summed E-state index contributed by atoms with van der Waals surface area (Å²) < 4.78 is 25.4. The predicted molar refractivity (Wildman–Crippen MR) is 101 cm³/mol. The van der Waals surface area contributed by atoms with Gasteiger partial charge in [-0.15, -0.1) is 11.3 Å². The molecule has 0 aliphatic heterocycles. The number of ether oxygens (including phenoxy) is 2. The second-order valence-corrected chi connectivity index (χ2v) is 6.89. The van der Waals surface area contributed by atoms with Crippen molar-refractivity contribution in [3.05, 3.63) is 69.8 Å². The zero-order chi connectivity index (χ0) is 18.5. The Balaban J connectivity index is 1.86. The van der Waals surface area contributed by atoms with Crippen LogP contribution in [0, 0.1) is 5.82 Å². The Hall–Kier alpha value is -2.28. The van der Waals surface area contributed by atoms with Gasteiger partial charge < -0.3 is 14.8 Å². The second kappa shape index (κ2) is 8.40. The molecule has 0 spiro atoms. The fourth-order valence-corrected chi connectivity index (χ4v) is 4.05.